The lowest BCUT2D eigenvalue weighted by molar-refractivity contribution is -0.135. The fraction of sp³-hybridized carbons (Fsp3) is 0.292. The first-order valence-electron chi connectivity index (χ1n) is 10.6. The number of piperazine rings is 1. The summed E-state index contributed by atoms with van der Waals surface area (Å²) in [5, 5.41) is 0. The van der Waals surface area contributed by atoms with Gasteiger partial charge >= 0.3 is 0 Å². The predicted molar refractivity (Wildman–Crippen MR) is 135 cm³/mol. The second-order valence-corrected chi connectivity index (χ2v) is 9.26. The Labute approximate surface area is 202 Å². The molecule has 4 rings (SSSR count). The topological polar surface area (TPSA) is 62.3 Å². The second kappa shape index (κ2) is 10.3. The van der Waals surface area contributed by atoms with Crippen LogP contribution in [0.5, 0.6) is 11.5 Å². The Morgan fingerprint density at radius 1 is 1.03 bits per heavy atom. The van der Waals surface area contributed by atoms with Gasteiger partial charge < -0.3 is 19.3 Å². The molecule has 2 heterocycles. The van der Waals surface area contributed by atoms with Crippen LogP contribution >= 0.6 is 24.0 Å². The molecule has 0 aromatic heterocycles. The molecule has 0 N–H and O–H groups in total. The number of para-hydroxylation sites is 1. The maximum Gasteiger partial charge on any atom is 0.266 e. The summed E-state index contributed by atoms with van der Waals surface area (Å²) in [7, 11) is 3.13. The summed E-state index contributed by atoms with van der Waals surface area (Å²) in [6.45, 7) is 2.70. The van der Waals surface area contributed by atoms with Gasteiger partial charge in [-0.3, -0.25) is 14.5 Å². The molecular formula is C24H25N3O4S2. The molecule has 2 fully saturated rings. The van der Waals surface area contributed by atoms with Gasteiger partial charge in [-0.2, -0.15) is 0 Å². The Balaban J connectivity index is 1.38. The highest BCUT2D eigenvalue weighted by atomic mass is 32.2. The van der Waals surface area contributed by atoms with Crippen LogP contribution < -0.4 is 14.4 Å². The monoisotopic (exact) mass is 483 g/mol. The quantitative estimate of drug-likeness (QED) is 0.462. The number of hydrogen-bond donors (Lipinski definition) is 0. The summed E-state index contributed by atoms with van der Waals surface area (Å²) in [4.78, 5) is 31.8. The second-order valence-electron chi connectivity index (χ2n) is 7.59. The molecule has 7 nitrogen and oxygen atoms in total. The van der Waals surface area contributed by atoms with E-state index in [-0.39, 0.29) is 18.4 Å². The normalized spacial score (nSPS) is 17.6. The summed E-state index contributed by atoms with van der Waals surface area (Å²) in [6, 6.07) is 15.6. The minimum Gasteiger partial charge on any atom is -0.493 e. The fourth-order valence-corrected chi connectivity index (χ4v) is 5.07. The zero-order valence-electron chi connectivity index (χ0n) is 18.5. The molecule has 0 radical (unpaired) electrons. The number of rotatable bonds is 6. The van der Waals surface area contributed by atoms with E-state index in [4.69, 9.17) is 21.7 Å². The Morgan fingerprint density at radius 2 is 1.73 bits per heavy atom. The Bertz CT molecular complexity index is 1080. The van der Waals surface area contributed by atoms with Gasteiger partial charge in [-0.15, -0.1) is 0 Å². The molecule has 0 aliphatic carbocycles. The lowest BCUT2D eigenvalue weighted by Gasteiger charge is -2.36. The maximum absolute atomic E-state index is 13.0. The Kier molecular flexibility index (Phi) is 7.20. The van der Waals surface area contributed by atoms with E-state index in [9.17, 15) is 9.59 Å². The number of thioether (sulfide) groups is 1. The van der Waals surface area contributed by atoms with Crippen molar-refractivity contribution in [1.29, 1.82) is 0 Å². The van der Waals surface area contributed by atoms with Crippen molar-refractivity contribution in [3.05, 3.63) is 59.0 Å². The molecule has 2 amide bonds. The van der Waals surface area contributed by atoms with Crippen LogP contribution in [0.2, 0.25) is 0 Å². The van der Waals surface area contributed by atoms with E-state index < -0.39 is 0 Å². The molecule has 9 heteroatoms. The van der Waals surface area contributed by atoms with E-state index in [1.807, 2.05) is 24.3 Å². The molecule has 2 saturated heterocycles. The summed E-state index contributed by atoms with van der Waals surface area (Å²) < 4.78 is 11.0. The van der Waals surface area contributed by atoms with Crippen molar-refractivity contribution in [2.45, 2.75) is 0 Å². The first-order valence-corrected chi connectivity index (χ1v) is 11.8. The number of benzene rings is 2. The number of carbonyl (C=O) groups is 2. The summed E-state index contributed by atoms with van der Waals surface area (Å²) >= 11 is 6.61. The van der Waals surface area contributed by atoms with Gasteiger partial charge in [0.05, 0.1) is 19.1 Å². The third-order valence-corrected chi connectivity index (χ3v) is 7.00. The predicted octanol–water partition coefficient (Wildman–Crippen LogP) is 3.25. The number of hydrogen-bond acceptors (Lipinski definition) is 7. The van der Waals surface area contributed by atoms with Crippen LogP contribution in [-0.2, 0) is 9.59 Å². The van der Waals surface area contributed by atoms with Gasteiger partial charge in [0.15, 0.2) is 11.5 Å². The molecule has 0 atom stereocenters. The number of nitrogens with zero attached hydrogens (tertiary/aromatic N) is 3. The summed E-state index contributed by atoms with van der Waals surface area (Å²) in [5.74, 6) is 0.842. The van der Waals surface area contributed by atoms with Crippen LogP contribution in [-0.4, -0.2) is 72.9 Å². The van der Waals surface area contributed by atoms with Crippen molar-refractivity contribution in [2.24, 2.45) is 0 Å². The molecule has 0 spiro atoms. The van der Waals surface area contributed by atoms with Gasteiger partial charge in [0.2, 0.25) is 5.91 Å². The first kappa shape index (κ1) is 23.1. The van der Waals surface area contributed by atoms with E-state index in [0.717, 1.165) is 24.3 Å². The summed E-state index contributed by atoms with van der Waals surface area (Å²) in [5.41, 5.74) is 1.94. The lowest BCUT2D eigenvalue weighted by atomic mass is 10.2. The molecule has 2 aliphatic heterocycles. The van der Waals surface area contributed by atoms with Crippen molar-refractivity contribution in [3.8, 4) is 11.5 Å². The van der Waals surface area contributed by atoms with E-state index in [1.165, 1.54) is 16.7 Å². The molecule has 0 bridgehead atoms. The van der Waals surface area contributed by atoms with E-state index in [1.54, 1.807) is 37.3 Å². The van der Waals surface area contributed by atoms with Crippen LogP contribution in [0.4, 0.5) is 5.69 Å². The van der Waals surface area contributed by atoms with Crippen LogP contribution in [0.25, 0.3) is 6.08 Å². The Morgan fingerprint density at radius 3 is 2.39 bits per heavy atom. The molecule has 0 unspecified atom stereocenters. The van der Waals surface area contributed by atoms with Crippen molar-refractivity contribution < 1.29 is 19.1 Å². The van der Waals surface area contributed by atoms with Gasteiger partial charge in [0, 0.05) is 31.9 Å². The molecule has 2 aromatic rings. The van der Waals surface area contributed by atoms with E-state index >= 15 is 0 Å². The van der Waals surface area contributed by atoms with Gasteiger partial charge in [0.1, 0.15) is 10.9 Å². The van der Waals surface area contributed by atoms with Gasteiger partial charge in [0.25, 0.3) is 5.91 Å². The standard InChI is InChI=1S/C24H25N3O4S2/c1-30-19-9-8-17(14-20(19)31-2)15-21-23(29)27(24(32)33-21)16-22(28)26-12-10-25(11-13-26)18-6-4-3-5-7-18/h3-9,14-15H,10-13,16H2,1-2H3. The van der Waals surface area contributed by atoms with E-state index in [0.29, 0.717) is 33.8 Å². The SMILES string of the molecule is COc1ccc(C=C2SC(=S)N(CC(=O)N3CCN(c4ccccc4)CC3)C2=O)cc1OC. The van der Waals surface area contributed by atoms with Gasteiger partial charge in [-0.05, 0) is 35.9 Å². The zero-order chi connectivity index (χ0) is 23.4. The highest BCUT2D eigenvalue weighted by Gasteiger charge is 2.35. The number of ether oxygens (including phenoxy) is 2. The molecule has 172 valence electrons. The Hall–Kier alpha value is -3.04. The van der Waals surface area contributed by atoms with Gasteiger partial charge in [-0.25, -0.2) is 0 Å². The smallest absolute Gasteiger partial charge is 0.266 e. The third-order valence-electron chi connectivity index (χ3n) is 5.63. The minimum atomic E-state index is -0.254. The van der Waals surface area contributed by atoms with E-state index in [2.05, 4.69) is 17.0 Å². The maximum atomic E-state index is 13.0. The third kappa shape index (κ3) is 5.15. The van der Waals surface area contributed by atoms with Crippen LogP contribution in [0.1, 0.15) is 5.56 Å². The van der Waals surface area contributed by atoms with Crippen molar-refractivity contribution >= 4 is 51.9 Å². The van der Waals surface area contributed by atoms with Crippen molar-refractivity contribution in [2.75, 3.05) is 51.8 Å². The highest BCUT2D eigenvalue weighted by Crippen LogP contribution is 2.34. The molecule has 33 heavy (non-hydrogen) atoms. The number of anilines is 1. The lowest BCUT2D eigenvalue weighted by Crippen LogP contribution is -2.51. The molecule has 2 aromatic carbocycles. The first-order chi connectivity index (χ1) is 16.0. The average Bonchev–Trinajstić information content (AvgIpc) is 3.11. The number of thiocarbonyl (C=S) groups is 1. The van der Waals surface area contributed by atoms with Crippen LogP contribution in [0.3, 0.4) is 0 Å². The number of methoxy groups -OCH3 is 2. The molecular weight excluding hydrogens is 458 g/mol. The average molecular weight is 484 g/mol. The highest BCUT2D eigenvalue weighted by molar-refractivity contribution is 8.26. The fourth-order valence-electron chi connectivity index (χ4n) is 3.82. The largest absolute Gasteiger partial charge is 0.493 e. The minimum absolute atomic E-state index is 0.0424. The van der Waals surface area contributed by atoms with Crippen molar-refractivity contribution in [1.82, 2.24) is 9.80 Å². The van der Waals surface area contributed by atoms with Crippen LogP contribution in [0, 0.1) is 0 Å². The van der Waals surface area contributed by atoms with Gasteiger partial charge in [-0.1, -0.05) is 48.2 Å². The number of carbonyl (C=O) groups excluding carboxylic acids is 2. The number of amides is 2. The van der Waals surface area contributed by atoms with Crippen LogP contribution in [0.15, 0.2) is 53.4 Å². The summed E-state index contributed by atoms with van der Waals surface area (Å²) in [6.07, 6.45) is 1.75. The zero-order valence-corrected chi connectivity index (χ0v) is 20.2. The molecule has 0 saturated carbocycles. The molecule has 2 aliphatic rings. The van der Waals surface area contributed by atoms with Crippen molar-refractivity contribution in [3.63, 3.8) is 0 Å².